The van der Waals surface area contributed by atoms with Gasteiger partial charge in [-0.2, -0.15) is 8.78 Å². The number of fused-ring (bicyclic) bond motifs is 1. The lowest BCUT2D eigenvalue weighted by molar-refractivity contribution is -0.120. The van der Waals surface area contributed by atoms with E-state index >= 15 is 0 Å². The fourth-order valence-corrected chi connectivity index (χ4v) is 4.28. The number of carbonyl (C=O) groups is 1. The number of ether oxygens (including phenoxy) is 1. The maximum atomic E-state index is 14.3. The van der Waals surface area contributed by atoms with Crippen molar-refractivity contribution in [3.63, 3.8) is 0 Å². The van der Waals surface area contributed by atoms with Crippen molar-refractivity contribution < 1.29 is 23.4 Å². The van der Waals surface area contributed by atoms with Crippen LogP contribution < -0.4 is 4.74 Å². The third-order valence-corrected chi connectivity index (χ3v) is 5.72. The van der Waals surface area contributed by atoms with Crippen LogP contribution in [0, 0.1) is 17.8 Å². The van der Waals surface area contributed by atoms with Crippen LogP contribution in [0.4, 0.5) is 8.78 Å². The minimum absolute atomic E-state index is 0.00962. The Bertz CT molecular complexity index is 699. The molecule has 0 unspecified atom stereocenters. The summed E-state index contributed by atoms with van der Waals surface area (Å²) in [6.45, 7) is -0.747. The van der Waals surface area contributed by atoms with Crippen molar-refractivity contribution in [1.29, 1.82) is 0 Å². The molecular weight excluding hydrogens is 362 g/mol. The van der Waals surface area contributed by atoms with Gasteiger partial charge in [-0.15, -0.1) is 0 Å². The first-order valence-corrected chi connectivity index (χ1v) is 10.0. The number of carbonyl (C=O) groups excluding carboxylic acids is 1. The van der Waals surface area contributed by atoms with Gasteiger partial charge in [-0.25, -0.2) is 0 Å². The molecule has 1 N–H and O–H groups in total. The molecule has 0 radical (unpaired) electrons. The van der Waals surface area contributed by atoms with Crippen molar-refractivity contribution in [3.8, 4) is 5.75 Å². The van der Waals surface area contributed by atoms with Gasteiger partial charge in [0.2, 0.25) is 0 Å². The molecule has 28 heavy (non-hydrogen) atoms. The molecule has 0 heterocycles. The number of halogens is 2. The summed E-state index contributed by atoms with van der Waals surface area (Å²) in [6, 6.07) is 8.52. The van der Waals surface area contributed by atoms with E-state index in [1.54, 1.807) is 30.3 Å². The first-order chi connectivity index (χ1) is 13.4. The van der Waals surface area contributed by atoms with Crippen LogP contribution >= 0.6 is 0 Å². The van der Waals surface area contributed by atoms with Crippen LogP contribution in [0.1, 0.15) is 38.5 Å². The third kappa shape index (κ3) is 5.74. The first kappa shape index (κ1) is 20.7. The van der Waals surface area contributed by atoms with Crippen molar-refractivity contribution in [3.05, 3.63) is 54.6 Å². The Kier molecular flexibility index (Phi) is 7.00. The predicted molar refractivity (Wildman–Crippen MR) is 104 cm³/mol. The van der Waals surface area contributed by atoms with Gasteiger partial charge in [0, 0.05) is 18.8 Å². The highest BCUT2D eigenvalue weighted by molar-refractivity contribution is 5.78. The smallest absolute Gasteiger partial charge is 0.299 e. The fourth-order valence-electron chi connectivity index (χ4n) is 4.28. The van der Waals surface area contributed by atoms with Gasteiger partial charge >= 0.3 is 0 Å². The Morgan fingerprint density at radius 1 is 1.21 bits per heavy atom. The molecule has 0 saturated heterocycles. The summed E-state index contributed by atoms with van der Waals surface area (Å²) in [7, 11) is 0. The predicted octanol–water partition coefficient (Wildman–Crippen LogP) is 4.96. The van der Waals surface area contributed by atoms with Crippen molar-refractivity contribution in [2.75, 3.05) is 6.61 Å². The Morgan fingerprint density at radius 2 is 2.00 bits per heavy atom. The molecule has 5 heteroatoms. The Balaban J connectivity index is 1.66. The highest BCUT2D eigenvalue weighted by Gasteiger charge is 2.41. The number of aliphatic hydroxyl groups is 1. The highest BCUT2D eigenvalue weighted by Crippen LogP contribution is 2.43. The SMILES string of the molecule is O=C1CCC/C=C\C[C@H]2[C@@H](C1)C[C@@H](O)[C@@H]2/C=C/C(F)(F)COc1ccccc1. The number of ketones is 1. The standard InChI is InChI=1S/C23H28F2O3/c24-23(25,16-28-19-9-5-3-6-10-19)13-12-21-20-11-7-2-1-4-8-18(26)14-17(20)15-22(21)27/h2-3,5-7,9-10,12-13,17,20-22,27H,1,4,8,11,14-16H2/b7-2-,13-12+/t17-,20-,21+,22+/m0/s1. The molecule has 2 aliphatic carbocycles. The molecule has 0 aromatic heterocycles. The minimum atomic E-state index is -3.13. The molecule has 0 amide bonds. The fraction of sp³-hybridized carbons (Fsp3) is 0.522. The van der Waals surface area contributed by atoms with Crippen molar-refractivity contribution >= 4 is 5.78 Å². The molecule has 152 valence electrons. The van der Waals surface area contributed by atoms with Crippen LogP contribution in [-0.4, -0.2) is 29.5 Å². The lowest BCUT2D eigenvalue weighted by Crippen LogP contribution is -2.25. The van der Waals surface area contributed by atoms with E-state index in [2.05, 4.69) is 12.2 Å². The zero-order valence-electron chi connectivity index (χ0n) is 16.0. The largest absolute Gasteiger partial charge is 0.487 e. The topological polar surface area (TPSA) is 46.5 Å². The Labute approximate surface area is 165 Å². The van der Waals surface area contributed by atoms with E-state index in [0.29, 0.717) is 31.4 Å². The molecule has 3 nitrogen and oxygen atoms in total. The Hall–Kier alpha value is -2.01. The van der Waals surface area contributed by atoms with Crippen LogP contribution in [0.3, 0.4) is 0 Å². The highest BCUT2D eigenvalue weighted by atomic mass is 19.3. The summed E-state index contributed by atoms with van der Waals surface area (Å²) in [6.07, 6.45) is 9.64. The summed E-state index contributed by atoms with van der Waals surface area (Å²) < 4.78 is 33.7. The first-order valence-electron chi connectivity index (χ1n) is 10.0. The molecule has 1 saturated carbocycles. The molecule has 0 aliphatic heterocycles. The average Bonchev–Trinajstić information content (AvgIpc) is 2.96. The normalized spacial score (nSPS) is 30.2. The van der Waals surface area contributed by atoms with E-state index in [1.165, 1.54) is 6.08 Å². The number of benzene rings is 1. The van der Waals surface area contributed by atoms with Crippen LogP contribution in [0.25, 0.3) is 0 Å². The van der Waals surface area contributed by atoms with E-state index in [0.717, 1.165) is 18.9 Å². The number of hydrogen-bond acceptors (Lipinski definition) is 3. The summed E-state index contributed by atoms with van der Waals surface area (Å²) in [4.78, 5) is 12.1. The molecule has 4 atom stereocenters. The maximum Gasteiger partial charge on any atom is 0.299 e. The number of para-hydroxylation sites is 1. The van der Waals surface area contributed by atoms with Crippen LogP contribution in [0.2, 0.25) is 0 Å². The van der Waals surface area contributed by atoms with E-state index in [9.17, 15) is 18.7 Å². The second kappa shape index (κ2) is 9.46. The molecule has 1 fully saturated rings. The quantitative estimate of drug-likeness (QED) is 0.723. The van der Waals surface area contributed by atoms with Gasteiger partial charge in [0.15, 0.2) is 6.61 Å². The maximum absolute atomic E-state index is 14.3. The monoisotopic (exact) mass is 390 g/mol. The van der Waals surface area contributed by atoms with Crippen molar-refractivity contribution in [2.45, 2.75) is 50.6 Å². The van der Waals surface area contributed by atoms with E-state index in [1.807, 2.05) is 0 Å². The van der Waals surface area contributed by atoms with Gasteiger partial charge in [0.05, 0.1) is 6.10 Å². The second-order valence-corrected chi connectivity index (χ2v) is 7.87. The van der Waals surface area contributed by atoms with Gasteiger partial charge in [-0.3, -0.25) is 4.79 Å². The van der Waals surface area contributed by atoms with Gasteiger partial charge in [-0.1, -0.05) is 36.4 Å². The van der Waals surface area contributed by atoms with E-state index in [4.69, 9.17) is 4.74 Å². The van der Waals surface area contributed by atoms with Gasteiger partial charge < -0.3 is 9.84 Å². The third-order valence-electron chi connectivity index (χ3n) is 5.72. The van der Waals surface area contributed by atoms with Crippen LogP contribution in [0.5, 0.6) is 5.75 Å². The minimum Gasteiger partial charge on any atom is -0.487 e. The molecular formula is C23H28F2O3. The summed E-state index contributed by atoms with van der Waals surface area (Å²) in [5.74, 6) is -2.83. The average molecular weight is 390 g/mol. The molecule has 0 bridgehead atoms. The van der Waals surface area contributed by atoms with Gasteiger partial charge in [0.25, 0.3) is 5.92 Å². The van der Waals surface area contributed by atoms with Crippen molar-refractivity contribution in [2.24, 2.45) is 17.8 Å². The van der Waals surface area contributed by atoms with Crippen LogP contribution in [-0.2, 0) is 4.79 Å². The lowest BCUT2D eigenvalue weighted by atomic mass is 9.82. The Morgan fingerprint density at radius 3 is 2.79 bits per heavy atom. The number of aliphatic hydroxyl groups excluding tert-OH is 1. The second-order valence-electron chi connectivity index (χ2n) is 7.87. The van der Waals surface area contributed by atoms with Gasteiger partial charge in [0.1, 0.15) is 11.5 Å². The molecule has 2 aliphatic rings. The molecule has 1 aromatic rings. The zero-order chi connectivity index (χ0) is 20.0. The number of Topliss-reactive ketones (excluding diaryl/α,β-unsaturated/α-hetero) is 1. The number of rotatable bonds is 5. The zero-order valence-corrected chi connectivity index (χ0v) is 16.0. The number of hydrogen-bond donors (Lipinski definition) is 1. The lowest BCUT2D eigenvalue weighted by Gasteiger charge is -2.23. The molecule has 1 aromatic carbocycles. The van der Waals surface area contributed by atoms with E-state index in [-0.39, 0.29) is 23.5 Å². The summed E-state index contributed by atoms with van der Waals surface area (Å²) in [5, 5.41) is 10.5. The van der Waals surface area contributed by atoms with Gasteiger partial charge in [-0.05, 0) is 55.7 Å². The number of alkyl halides is 2. The summed E-state index contributed by atoms with van der Waals surface area (Å²) >= 11 is 0. The number of allylic oxidation sites excluding steroid dienone is 2. The van der Waals surface area contributed by atoms with Crippen LogP contribution in [0.15, 0.2) is 54.6 Å². The van der Waals surface area contributed by atoms with E-state index < -0.39 is 18.6 Å². The summed E-state index contributed by atoms with van der Waals surface area (Å²) in [5.41, 5.74) is 0. The van der Waals surface area contributed by atoms with Crippen molar-refractivity contribution in [1.82, 2.24) is 0 Å². The molecule has 3 rings (SSSR count). The molecule has 0 spiro atoms.